The van der Waals surface area contributed by atoms with Crippen LogP contribution in [0.3, 0.4) is 0 Å². The minimum Gasteiger partial charge on any atom is -0.480 e. The molecule has 0 bridgehead atoms. The predicted molar refractivity (Wildman–Crippen MR) is 72.4 cm³/mol. The van der Waals surface area contributed by atoms with Crippen LogP contribution in [0.1, 0.15) is 30.1 Å². The van der Waals surface area contributed by atoms with Gasteiger partial charge < -0.3 is 16.2 Å². The van der Waals surface area contributed by atoms with E-state index < -0.39 is 17.9 Å². The molecule has 1 amide bonds. The molecule has 6 heteroatoms. The van der Waals surface area contributed by atoms with E-state index in [9.17, 15) is 9.59 Å². The Morgan fingerprint density at radius 3 is 2.72 bits per heavy atom. The summed E-state index contributed by atoms with van der Waals surface area (Å²) in [6.45, 7) is 1.86. The van der Waals surface area contributed by atoms with Crippen LogP contribution in [0.5, 0.6) is 0 Å². The molecule has 0 saturated heterocycles. The summed E-state index contributed by atoms with van der Waals surface area (Å²) in [5.41, 5.74) is 6.38. The number of hydrogen-bond donors (Lipinski definition) is 3. The van der Waals surface area contributed by atoms with Crippen molar-refractivity contribution in [1.82, 2.24) is 5.32 Å². The van der Waals surface area contributed by atoms with Gasteiger partial charge in [0.25, 0.3) is 5.91 Å². The van der Waals surface area contributed by atoms with Gasteiger partial charge in [0, 0.05) is 10.2 Å². The normalized spacial score (nSPS) is 11.9. The number of nitrogen functional groups attached to an aromatic ring is 1. The van der Waals surface area contributed by atoms with Gasteiger partial charge in [-0.2, -0.15) is 0 Å². The van der Waals surface area contributed by atoms with Crippen LogP contribution in [0, 0.1) is 0 Å². The summed E-state index contributed by atoms with van der Waals surface area (Å²) in [5.74, 6) is -1.49. The smallest absolute Gasteiger partial charge is 0.326 e. The summed E-state index contributed by atoms with van der Waals surface area (Å²) < 4.78 is 0.579. The number of rotatable bonds is 5. The topological polar surface area (TPSA) is 92.4 Å². The van der Waals surface area contributed by atoms with E-state index in [1.54, 1.807) is 12.1 Å². The van der Waals surface area contributed by atoms with Gasteiger partial charge in [-0.1, -0.05) is 13.3 Å². The van der Waals surface area contributed by atoms with Crippen LogP contribution in [0.15, 0.2) is 22.7 Å². The lowest BCUT2D eigenvalue weighted by Crippen LogP contribution is -2.40. The monoisotopic (exact) mass is 314 g/mol. The lowest BCUT2D eigenvalue weighted by atomic mass is 10.1. The Morgan fingerprint density at radius 1 is 1.50 bits per heavy atom. The summed E-state index contributed by atoms with van der Waals surface area (Å²) in [6, 6.07) is 3.93. The van der Waals surface area contributed by atoms with Crippen LogP contribution in [-0.4, -0.2) is 23.0 Å². The number of carboxylic acid groups (broad SMARTS) is 1. The van der Waals surface area contributed by atoms with Gasteiger partial charge in [0.15, 0.2) is 0 Å². The van der Waals surface area contributed by atoms with Crippen molar-refractivity contribution >= 4 is 33.5 Å². The number of nitrogens with one attached hydrogen (secondary N) is 1. The molecule has 18 heavy (non-hydrogen) atoms. The van der Waals surface area contributed by atoms with Crippen molar-refractivity contribution in [2.24, 2.45) is 0 Å². The SMILES string of the molecule is CCCC(NC(=O)c1cc(N)ccc1Br)C(=O)O. The van der Waals surface area contributed by atoms with Crippen molar-refractivity contribution in [3.63, 3.8) is 0 Å². The van der Waals surface area contributed by atoms with Crippen molar-refractivity contribution in [2.75, 3.05) is 5.73 Å². The fourth-order valence-corrected chi connectivity index (χ4v) is 1.93. The lowest BCUT2D eigenvalue weighted by Gasteiger charge is -2.14. The summed E-state index contributed by atoms with van der Waals surface area (Å²) >= 11 is 3.23. The number of aliphatic carboxylic acids is 1. The molecular weight excluding hydrogens is 300 g/mol. The molecular formula is C12H15BrN2O3. The highest BCUT2D eigenvalue weighted by Crippen LogP contribution is 2.19. The van der Waals surface area contributed by atoms with E-state index >= 15 is 0 Å². The first-order chi connectivity index (χ1) is 8.45. The highest BCUT2D eigenvalue weighted by molar-refractivity contribution is 9.10. The zero-order chi connectivity index (χ0) is 13.7. The molecule has 0 fully saturated rings. The molecule has 1 unspecified atom stereocenters. The zero-order valence-electron chi connectivity index (χ0n) is 9.94. The second-order valence-corrected chi connectivity index (χ2v) is 4.75. The van der Waals surface area contributed by atoms with Crippen molar-refractivity contribution < 1.29 is 14.7 Å². The number of amides is 1. The Morgan fingerprint density at radius 2 is 2.17 bits per heavy atom. The molecule has 0 spiro atoms. The summed E-state index contributed by atoms with van der Waals surface area (Å²) in [6.07, 6.45) is 1.07. The van der Waals surface area contributed by atoms with E-state index in [0.717, 1.165) is 0 Å². The minimum atomic E-state index is -1.04. The molecule has 1 rings (SSSR count). The fraction of sp³-hybridized carbons (Fsp3) is 0.333. The molecule has 0 aromatic heterocycles. The Bertz CT molecular complexity index is 463. The number of anilines is 1. The lowest BCUT2D eigenvalue weighted by molar-refractivity contribution is -0.139. The van der Waals surface area contributed by atoms with Crippen molar-refractivity contribution in [3.05, 3.63) is 28.2 Å². The first-order valence-corrected chi connectivity index (χ1v) is 6.33. The molecule has 98 valence electrons. The summed E-state index contributed by atoms with van der Waals surface area (Å²) in [7, 11) is 0. The third-order valence-corrected chi connectivity index (χ3v) is 3.11. The minimum absolute atomic E-state index is 0.331. The van der Waals surface area contributed by atoms with Crippen molar-refractivity contribution in [3.8, 4) is 0 Å². The molecule has 1 atom stereocenters. The highest BCUT2D eigenvalue weighted by atomic mass is 79.9. The first-order valence-electron chi connectivity index (χ1n) is 5.54. The fourth-order valence-electron chi connectivity index (χ4n) is 1.50. The van der Waals surface area contributed by atoms with Gasteiger partial charge in [0.05, 0.1) is 5.56 Å². The molecule has 0 aliphatic heterocycles. The molecule has 0 heterocycles. The largest absolute Gasteiger partial charge is 0.480 e. The van der Waals surface area contributed by atoms with E-state index in [4.69, 9.17) is 10.8 Å². The number of halogens is 1. The average Bonchev–Trinajstić information content (AvgIpc) is 2.31. The quantitative estimate of drug-likeness (QED) is 0.725. The standard InChI is InChI=1S/C12H15BrN2O3/c1-2-3-10(12(17)18)15-11(16)8-6-7(14)4-5-9(8)13/h4-6,10H,2-3,14H2,1H3,(H,15,16)(H,17,18). The number of nitrogens with two attached hydrogens (primary N) is 1. The first kappa shape index (κ1) is 14.5. The van der Waals surface area contributed by atoms with Gasteiger partial charge in [0.2, 0.25) is 0 Å². The number of hydrogen-bond acceptors (Lipinski definition) is 3. The second kappa shape index (κ2) is 6.39. The summed E-state index contributed by atoms with van der Waals surface area (Å²) in [5, 5.41) is 11.5. The number of carbonyl (C=O) groups is 2. The molecule has 0 aliphatic rings. The number of carboxylic acids is 1. The van der Waals surface area contributed by atoms with Gasteiger partial charge >= 0.3 is 5.97 Å². The van der Waals surface area contributed by atoms with Crippen LogP contribution in [0.2, 0.25) is 0 Å². The molecule has 0 aliphatic carbocycles. The molecule has 0 radical (unpaired) electrons. The van der Waals surface area contributed by atoms with E-state index in [1.165, 1.54) is 6.07 Å². The van der Waals surface area contributed by atoms with Crippen LogP contribution in [0.4, 0.5) is 5.69 Å². The maximum atomic E-state index is 11.9. The van der Waals surface area contributed by atoms with Crippen LogP contribution < -0.4 is 11.1 Å². The molecule has 4 N–H and O–H groups in total. The van der Waals surface area contributed by atoms with Crippen LogP contribution >= 0.6 is 15.9 Å². The van der Waals surface area contributed by atoms with E-state index in [0.29, 0.717) is 28.6 Å². The van der Waals surface area contributed by atoms with Crippen molar-refractivity contribution in [1.29, 1.82) is 0 Å². The number of carbonyl (C=O) groups excluding carboxylic acids is 1. The average molecular weight is 315 g/mol. The molecule has 1 aromatic rings. The molecule has 0 saturated carbocycles. The maximum absolute atomic E-state index is 11.9. The molecule has 1 aromatic carbocycles. The summed E-state index contributed by atoms with van der Waals surface area (Å²) in [4.78, 5) is 22.9. The van der Waals surface area contributed by atoms with Gasteiger partial charge in [-0.15, -0.1) is 0 Å². The Hall–Kier alpha value is -1.56. The van der Waals surface area contributed by atoms with Gasteiger partial charge in [-0.05, 0) is 40.5 Å². The maximum Gasteiger partial charge on any atom is 0.326 e. The molecule has 5 nitrogen and oxygen atoms in total. The van der Waals surface area contributed by atoms with Gasteiger partial charge in [-0.25, -0.2) is 4.79 Å². The zero-order valence-corrected chi connectivity index (χ0v) is 11.5. The van der Waals surface area contributed by atoms with E-state index in [1.807, 2.05) is 6.92 Å². The van der Waals surface area contributed by atoms with E-state index in [2.05, 4.69) is 21.2 Å². The third kappa shape index (κ3) is 3.73. The highest BCUT2D eigenvalue weighted by Gasteiger charge is 2.20. The van der Waals surface area contributed by atoms with Crippen LogP contribution in [-0.2, 0) is 4.79 Å². The van der Waals surface area contributed by atoms with Crippen molar-refractivity contribution in [2.45, 2.75) is 25.8 Å². The second-order valence-electron chi connectivity index (χ2n) is 3.89. The number of benzene rings is 1. The van der Waals surface area contributed by atoms with E-state index in [-0.39, 0.29) is 0 Å². The third-order valence-electron chi connectivity index (χ3n) is 2.42. The van der Waals surface area contributed by atoms with Gasteiger partial charge in [0.1, 0.15) is 6.04 Å². The predicted octanol–water partition coefficient (Wildman–Crippen LogP) is 2.01. The Balaban J connectivity index is 2.86. The Labute approximate surface area is 113 Å². The van der Waals surface area contributed by atoms with Gasteiger partial charge in [-0.3, -0.25) is 4.79 Å². The van der Waals surface area contributed by atoms with Crippen LogP contribution in [0.25, 0.3) is 0 Å². The Kier molecular flexibility index (Phi) is 5.15.